The number of hydrogen-bond donors (Lipinski definition) is 1. The summed E-state index contributed by atoms with van der Waals surface area (Å²) in [5.41, 5.74) is 3.07. The number of halogens is 1. The lowest BCUT2D eigenvalue weighted by molar-refractivity contribution is 0.0766. The van der Waals surface area contributed by atoms with Crippen molar-refractivity contribution in [1.82, 2.24) is 9.88 Å². The summed E-state index contributed by atoms with van der Waals surface area (Å²) in [6, 6.07) is 11.5. The van der Waals surface area contributed by atoms with Gasteiger partial charge in [0.05, 0.1) is 23.6 Å². The molecule has 5 heteroatoms. The predicted molar refractivity (Wildman–Crippen MR) is 86.2 cm³/mol. The maximum absolute atomic E-state index is 12.2. The zero-order chi connectivity index (χ0) is 15.4. The maximum Gasteiger partial charge on any atom is 0.255 e. The molecule has 0 radical (unpaired) electrons. The minimum atomic E-state index is -0.130. The van der Waals surface area contributed by atoms with E-state index < -0.39 is 0 Å². The molecule has 1 aromatic heterocycles. The number of nitrogens with zero attached hydrogens (tertiary/aromatic N) is 2. The number of hydrogen-bond acceptors (Lipinski definition) is 3. The second-order valence-corrected chi connectivity index (χ2v) is 5.71. The van der Waals surface area contributed by atoms with Crippen molar-refractivity contribution in [3.05, 3.63) is 52.1 Å². The van der Waals surface area contributed by atoms with E-state index >= 15 is 0 Å². The summed E-state index contributed by atoms with van der Waals surface area (Å²) < 4.78 is 0.988. The molecule has 21 heavy (non-hydrogen) atoms. The summed E-state index contributed by atoms with van der Waals surface area (Å²) in [5.74, 6) is -0.130. The molecule has 2 rings (SSSR count). The van der Waals surface area contributed by atoms with Crippen LogP contribution in [-0.4, -0.2) is 41.1 Å². The number of amides is 1. The standard InChI is InChI=1S/C16H17BrN2O2/c1-11-14(16(21)19(2)8-9-20)6-7-15(18-11)12-4-3-5-13(17)10-12/h3-7,10,20H,8-9H2,1-2H3. The summed E-state index contributed by atoms with van der Waals surface area (Å²) in [6.45, 7) is 2.08. The largest absolute Gasteiger partial charge is 0.395 e. The molecule has 0 fully saturated rings. The first kappa shape index (κ1) is 15.7. The van der Waals surface area contributed by atoms with Crippen molar-refractivity contribution in [1.29, 1.82) is 0 Å². The lowest BCUT2D eigenvalue weighted by atomic mass is 10.1. The lowest BCUT2D eigenvalue weighted by Crippen LogP contribution is -2.30. The van der Waals surface area contributed by atoms with Crippen LogP contribution in [-0.2, 0) is 0 Å². The maximum atomic E-state index is 12.2. The fourth-order valence-corrected chi connectivity index (χ4v) is 2.45. The van der Waals surface area contributed by atoms with Crippen LogP contribution in [0.3, 0.4) is 0 Å². The highest BCUT2D eigenvalue weighted by atomic mass is 79.9. The number of aromatic nitrogens is 1. The molecule has 0 saturated carbocycles. The lowest BCUT2D eigenvalue weighted by Gasteiger charge is -2.17. The van der Waals surface area contributed by atoms with Crippen LogP contribution >= 0.6 is 15.9 Å². The Kier molecular flexibility index (Phi) is 5.09. The smallest absolute Gasteiger partial charge is 0.255 e. The van der Waals surface area contributed by atoms with E-state index in [2.05, 4.69) is 20.9 Å². The van der Waals surface area contributed by atoms with Gasteiger partial charge in [-0.15, -0.1) is 0 Å². The van der Waals surface area contributed by atoms with Gasteiger partial charge in [0.25, 0.3) is 5.91 Å². The molecule has 0 bridgehead atoms. The summed E-state index contributed by atoms with van der Waals surface area (Å²) in [7, 11) is 1.67. The van der Waals surface area contributed by atoms with E-state index in [0.29, 0.717) is 17.8 Å². The Labute approximate surface area is 132 Å². The summed E-state index contributed by atoms with van der Waals surface area (Å²) in [6.07, 6.45) is 0. The van der Waals surface area contributed by atoms with E-state index in [-0.39, 0.29) is 12.5 Å². The number of pyridine rings is 1. The zero-order valence-electron chi connectivity index (χ0n) is 12.0. The van der Waals surface area contributed by atoms with Gasteiger partial charge >= 0.3 is 0 Å². The third-order valence-corrected chi connectivity index (χ3v) is 3.71. The second-order valence-electron chi connectivity index (χ2n) is 4.79. The summed E-state index contributed by atoms with van der Waals surface area (Å²) in [5, 5.41) is 8.91. The molecule has 1 heterocycles. The van der Waals surface area contributed by atoms with Crippen molar-refractivity contribution in [2.45, 2.75) is 6.92 Å². The molecule has 0 aliphatic heterocycles. The van der Waals surface area contributed by atoms with Crippen LogP contribution in [0.1, 0.15) is 16.1 Å². The number of aliphatic hydroxyl groups excluding tert-OH is 1. The van der Waals surface area contributed by atoms with Crippen molar-refractivity contribution in [3.63, 3.8) is 0 Å². The molecular formula is C16H17BrN2O2. The molecule has 0 aliphatic carbocycles. The number of benzene rings is 1. The average molecular weight is 349 g/mol. The van der Waals surface area contributed by atoms with Gasteiger partial charge in [0.1, 0.15) is 0 Å². The Morgan fingerprint density at radius 1 is 1.33 bits per heavy atom. The second kappa shape index (κ2) is 6.83. The van der Waals surface area contributed by atoms with Gasteiger partial charge in [0.2, 0.25) is 0 Å². The molecule has 0 atom stereocenters. The van der Waals surface area contributed by atoms with E-state index in [1.165, 1.54) is 4.90 Å². The van der Waals surface area contributed by atoms with Crippen LogP contribution in [0.4, 0.5) is 0 Å². The Morgan fingerprint density at radius 2 is 2.10 bits per heavy atom. The number of aryl methyl sites for hydroxylation is 1. The van der Waals surface area contributed by atoms with Crippen molar-refractivity contribution < 1.29 is 9.90 Å². The molecule has 1 amide bonds. The highest BCUT2D eigenvalue weighted by Crippen LogP contribution is 2.22. The first-order chi connectivity index (χ1) is 10.0. The van der Waals surface area contributed by atoms with Gasteiger partial charge in [-0.05, 0) is 31.2 Å². The van der Waals surface area contributed by atoms with Crippen molar-refractivity contribution in [3.8, 4) is 11.3 Å². The quantitative estimate of drug-likeness (QED) is 0.924. The van der Waals surface area contributed by atoms with Gasteiger partial charge in [0.15, 0.2) is 0 Å². The number of carbonyl (C=O) groups excluding carboxylic acids is 1. The molecule has 1 aromatic carbocycles. The number of aliphatic hydroxyl groups is 1. The van der Waals surface area contributed by atoms with Crippen LogP contribution < -0.4 is 0 Å². The van der Waals surface area contributed by atoms with Gasteiger partial charge in [0, 0.05) is 23.6 Å². The molecule has 1 N–H and O–H groups in total. The monoisotopic (exact) mass is 348 g/mol. The van der Waals surface area contributed by atoms with E-state index in [4.69, 9.17) is 5.11 Å². The number of rotatable bonds is 4. The SMILES string of the molecule is Cc1nc(-c2cccc(Br)c2)ccc1C(=O)N(C)CCO. The molecule has 0 spiro atoms. The van der Waals surface area contributed by atoms with Crippen LogP contribution in [0.25, 0.3) is 11.3 Å². The fourth-order valence-electron chi connectivity index (χ4n) is 2.05. The highest BCUT2D eigenvalue weighted by Gasteiger charge is 2.15. The van der Waals surface area contributed by atoms with Gasteiger partial charge in [-0.1, -0.05) is 28.1 Å². The molecule has 0 unspecified atom stereocenters. The van der Waals surface area contributed by atoms with E-state index in [1.807, 2.05) is 37.3 Å². The van der Waals surface area contributed by atoms with Crippen molar-refractivity contribution in [2.75, 3.05) is 20.2 Å². The molecule has 110 valence electrons. The normalized spacial score (nSPS) is 10.5. The van der Waals surface area contributed by atoms with Gasteiger partial charge < -0.3 is 10.0 Å². The first-order valence-corrected chi connectivity index (χ1v) is 7.42. The van der Waals surface area contributed by atoms with Crippen LogP contribution in [0.2, 0.25) is 0 Å². The van der Waals surface area contributed by atoms with E-state index in [9.17, 15) is 4.79 Å². The Hall–Kier alpha value is -1.72. The van der Waals surface area contributed by atoms with E-state index in [0.717, 1.165) is 15.7 Å². The third kappa shape index (κ3) is 3.68. The molecular weight excluding hydrogens is 332 g/mol. The summed E-state index contributed by atoms with van der Waals surface area (Å²) in [4.78, 5) is 18.2. The van der Waals surface area contributed by atoms with Crippen molar-refractivity contribution in [2.24, 2.45) is 0 Å². The van der Waals surface area contributed by atoms with Crippen LogP contribution in [0.5, 0.6) is 0 Å². The first-order valence-electron chi connectivity index (χ1n) is 6.63. The van der Waals surface area contributed by atoms with Crippen LogP contribution in [0.15, 0.2) is 40.9 Å². The Morgan fingerprint density at radius 3 is 2.71 bits per heavy atom. The Balaban J connectivity index is 2.31. The fraction of sp³-hybridized carbons (Fsp3) is 0.250. The van der Waals surface area contributed by atoms with Crippen molar-refractivity contribution >= 4 is 21.8 Å². The molecule has 0 saturated heterocycles. The topological polar surface area (TPSA) is 53.4 Å². The minimum absolute atomic E-state index is 0.0508. The third-order valence-electron chi connectivity index (χ3n) is 3.22. The minimum Gasteiger partial charge on any atom is -0.395 e. The molecule has 2 aromatic rings. The zero-order valence-corrected chi connectivity index (χ0v) is 13.6. The molecule has 0 aliphatic rings. The van der Waals surface area contributed by atoms with Gasteiger partial charge in [-0.25, -0.2) is 0 Å². The Bertz CT molecular complexity index is 658. The summed E-state index contributed by atoms with van der Waals surface area (Å²) >= 11 is 3.44. The average Bonchev–Trinajstić information content (AvgIpc) is 2.46. The van der Waals surface area contributed by atoms with Gasteiger partial charge in [-0.2, -0.15) is 0 Å². The van der Waals surface area contributed by atoms with E-state index in [1.54, 1.807) is 13.1 Å². The van der Waals surface area contributed by atoms with Gasteiger partial charge in [-0.3, -0.25) is 9.78 Å². The molecule has 4 nitrogen and oxygen atoms in total. The number of carbonyl (C=O) groups is 1. The highest BCUT2D eigenvalue weighted by molar-refractivity contribution is 9.10. The number of likely N-dealkylation sites (N-methyl/N-ethyl adjacent to an activating group) is 1. The predicted octanol–water partition coefficient (Wildman–Crippen LogP) is 2.88. The van der Waals surface area contributed by atoms with Crippen LogP contribution in [0, 0.1) is 6.92 Å².